The van der Waals surface area contributed by atoms with Gasteiger partial charge >= 0.3 is 0 Å². The fourth-order valence-corrected chi connectivity index (χ4v) is 2.88. The molecular weight excluding hydrogens is 224 g/mol. The fourth-order valence-electron chi connectivity index (χ4n) is 2.88. The lowest BCUT2D eigenvalue weighted by molar-refractivity contribution is -0.0193. The third-order valence-corrected chi connectivity index (χ3v) is 4.09. The molecule has 2 aliphatic rings. The van der Waals surface area contributed by atoms with Crippen molar-refractivity contribution in [3.63, 3.8) is 0 Å². The highest BCUT2D eigenvalue weighted by Gasteiger charge is 2.37. The number of hydrogen-bond donors (Lipinski definition) is 2. The van der Waals surface area contributed by atoms with Crippen molar-refractivity contribution in [3.8, 4) is 0 Å². The number of rotatable bonds is 5. The average molecular weight is 254 g/mol. The van der Waals surface area contributed by atoms with Crippen LogP contribution in [0.2, 0.25) is 0 Å². The van der Waals surface area contributed by atoms with Crippen LogP contribution in [-0.4, -0.2) is 31.5 Å². The fraction of sp³-hybridized carbons (Fsp3) is 1.00. The first-order chi connectivity index (χ1) is 8.50. The molecule has 2 rings (SSSR count). The van der Waals surface area contributed by atoms with Crippen LogP contribution in [0.15, 0.2) is 0 Å². The van der Waals surface area contributed by atoms with Gasteiger partial charge in [0.15, 0.2) is 0 Å². The van der Waals surface area contributed by atoms with Gasteiger partial charge in [-0.3, -0.25) is 5.32 Å². The molecule has 3 atom stereocenters. The zero-order valence-corrected chi connectivity index (χ0v) is 12.5. The Morgan fingerprint density at radius 1 is 1.22 bits per heavy atom. The number of piperazine rings is 1. The van der Waals surface area contributed by atoms with Crippen molar-refractivity contribution in [2.75, 3.05) is 13.2 Å². The SMILES string of the molecule is CCCC1NC(OCC2CC2)CNC1C(C)(C)C. The highest BCUT2D eigenvalue weighted by Crippen LogP contribution is 2.30. The molecule has 1 heterocycles. The average Bonchev–Trinajstić information content (AvgIpc) is 3.09. The van der Waals surface area contributed by atoms with E-state index in [9.17, 15) is 0 Å². The summed E-state index contributed by atoms with van der Waals surface area (Å²) in [6.45, 7) is 11.1. The van der Waals surface area contributed by atoms with E-state index >= 15 is 0 Å². The molecule has 2 fully saturated rings. The van der Waals surface area contributed by atoms with Crippen molar-refractivity contribution >= 4 is 0 Å². The molecule has 106 valence electrons. The molecule has 1 aliphatic carbocycles. The Bertz CT molecular complexity index is 258. The van der Waals surface area contributed by atoms with Crippen LogP contribution in [0, 0.1) is 11.3 Å². The summed E-state index contributed by atoms with van der Waals surface area (Å²) >= 11 is 0. The number of hydrogen-bond acceptors (Lipinski definition) is 3. The Balaban J connectivity index is 1.85. The van der Waals surface area contributed by atoms with Crippen LogP contribution in [0.1, 0.15) is 53.4 Å². The van der Waals surface area contributed by atoms with Gasteiger partial charge < -0.3 is 10.1 Å². The van der Waals surface area contributed by atoms with Gasteiger partial charge in [0, 0.05) is 18.6 Å². The lowest BCUT2D eigenvalue weighted by Gasteiger charge is -2.44. The summed E-state index contributed by atoms with van der Waals surface area (Å²) in [6, 6.07) is 1.08. The summed E-state index contributed by atoms with van der Waals surface area (Å²) in [7, 11) is 0. The minimum absolute atomic E-state index is 0.209. The summed E-state index contributed by atoms with van der Waals surface area (Å²) in [5.74, 6) is 0.844. The summed E-state index contributed by atoms with van der Waals surface area (Å²) in [5, 5.41) is 7.41. The molecule has 0 aromatic carbocycles. The zero-order valence-electron chi connectivity index (χ0n) is 12.5. The predicted octanol–water partition coefficient (Wildman–Crippen LogP) is 2.52. The molecule has 0 aromatic rings. The van der Waals surface area contributed by atoms with Crippen LogP contribution in [0.25, 0.3) is 0 Å². The van der Waals surface area contributed by atoms with E-state index in [4.69, 9.17) is 4.74 Å². The van der Waals surface area contributed by atoms with Crippen molar-refractivity contribution in [1.29, 1.82) is 0 Å². The van der Waals surface area contributed by atoms with Crippen molar-refractivity contribution in [2.24, 2.45) is 11.3 Å². The van der Waals surface area contributed by atoms with Gasteiger partial charge in [-0.1, -0.05) is 34.1 Å². The molecule has 3 heteroatoms. The maximum atomic E-state index is 5.97. The Kier molecular flexibility index (Phi) is 4.68. The minimum atomic E-state index is 0.209. The van der Waals surface area contributed by atoms with E-state index in [0.29, 0.717) is 17.5 Å². The molecule has 3 unspecified atom stereocenters. The van der Waals surface area contributed by atoms with Gasteiger partial charge in [-0.05, 0) is 30.6 Å². The smallest absolute Gasteiger partial charge is 0.120 e. The van der Waals surface area contributed by atoms with Crippen molar-refractivity contribution in [1.82, 2.24) is 10.6 Å². The van der Waals surface area contributed by atoms with E-state index in [2.05, 4.69) is 38.3 Å². The van der Waals surface area contributed by atoms with Crippen molar-refractivity contribution in [2.45, 2.75) is 71.7 Å². The molecule has 0 radical (unpaired) electrons. The van der Waals surface area contributed by atoms with Crippen LogP contribution in [0.3, 0.4) is 0 Å². The number of nitrogens with one attached hydrogen (secondary N) is 2. The Labute approximate surface area is 112 Å². The molecule has 3 nitrogen and oxygen atoms in total. The lowest BCUT2D eigenvalue weighted by Crippen LogP contribution is -2.65. The zero-order chi connectivity index (χ0) is 13.2. The standard InChI is InChI=1S/C15H30N2O/c1-5-6-12-14(15(2,3)4)16-9-13(17-12)18-10-11-7-8-11/h11-14,16-17H,5-10H2,1-4H3. The van der Waals surface area contributed by atoms with Crippen LogP contribution in [0.5, 0.6) is 0 Å². The second kappa shape index (κ2) is 5.89. The van der Waals surface area contributed by atoms with Crippen LogP contribution in [0.4, 0.5) is 0 Å². The predicted molar refractivity (Wildman–Crippen MR) is 75.5 cm³/mol. The Morgan fingerprint density at radius 3 is 2.50 bits per heavy atom. The topological polar surface area (TPSA) is 33.3 Å². The lowest BCUT2D eigenvalue weighted by atomic mass is 9.79. The maximum Gasteiger partial charge on any atom is 0.120 e. The first kappa shape index (κ1) is 14.3. The Morgan fingerprint density at radius 2 is 1.94 bits per heavy atom. The van der Waals surface area contributed by atoms with E-state index in [1.165, 1.54) is 25.7 Å². The summed E-state index contributed by atoms with van der Waals surface area (Å²) in [6.07, 6.45) is 5.38. The van der Waals surface area contributed by atoms with Gasteiger partial charge in [-0.15, -0.1) is 0 Å². The van der Waals surface area contributed by atoms with E-state index in [0.717, 1.165) is 19.1 Å². The second-order valence-corrected chi connectivity index (χ2v) is 7.08. The monoisotopic (exact) mass is 254 g/mol. The van der Waals surface area contributed by atoms with Gasteiger partial charge in [0.25, 0.3) is 0 Å². The maximum absolute atomic E-state index is 5.97. The largest absolute Gasteiger partial charge is 0.362 e. The summed E-state index contributed by atoms with van der Waals surface area (Å²) < 4.78 is 5.97. The third-order valence-electron chi connectivity index (χ3n) is 4.09. The molecule has 1 saturated carbocycles. The molecular formula is C15H30N2O. The number of ether oxygens (including phenoxy) is 1. The first-order valence-electron chi connectivity index (χ1n) is 7.61. The van der Waals surface area contributed by atoms with Gasteiger partial charge in [-0.25, -0.2) is 0 Å². The molecule has 0 bridgehead atoms. The van der Waals surface area contributed by atoms with Crippen molar-refractivity contribution in [3.05, 3.63) is 0 Å². The molecule has 0 aromatic heterocycles. The first-order valence-corrected chi connectivity index (χ1v) is 7.61. The van der Waals surface area contributed by atoms with Gasteiger partial charge in [-0.2, -0.15) is 0 Å². The van der Waals surface area contributed by atoms with Crippen molar-refractivity contribution < 1.29 is 4.74 Å². The molecule has 0 amide bonds. The van der Waals surface area contributed by atoms with Gasteiger partial charge in [0.1, 0.15) is 6.23 Å². The van der Waals surface area contributed by atoms with Crippen LogP contribution >= 0.6 is 0 Å². The van der Waals surface area contributed by atoms with Gasteiger partial charge in [0.05, 0.1) is 6.61 Å². The molecule has 0 spiro atoms. The highest BCUT2D eigenvalue weighted by atomic mass is 16.5. The molecule has 18 heavy (non-hydrogen) atoms. The molecule has 1 saturated heterocycles. The van der Waals surface area contributed by atoms with E-state index in [-0.39, 0.29) is 6.23 Å². The highest BCUT2D eigenvalue weighted by molar-refractivity contribution is 4.95. The molecule has 1 aliphatic heterocycles. The summed E-state index contributed by atoms with van der Waals surface area (Å²) in [4.78, 5) is 0. The minimum Gasteiger partial charge on any atom is -0.362 e. The van der Waals surface area contributed by atoms with Gasteiger partial charge in [0.2, 0.25) is 0 Å². The van der Waals surface area contributed by atoms with Crippen LogP contribution < -0.4 is 10.6 Å². The van der Waals surface area contributed by atoms with E-state index in [1.807, 2.05) is 0 Å². The Hall–Kier alpha value is -0.120. The van der Waals surface area contributed by atoms with Crippen LogP contribution in [-0.2, 0) is 4.74 Å². The van der Waals surface area contributed by atoms with E-state index < -0.39 is 0 Å². The molecule has 2 N–H and O–H groups in total. The summed E-state index contributed by atoms with van der Waals surface area (Å²) in [5.41, 5.74) is 0.300. The third kappa shape index (κ3) is 3.94. The normalized spacial score (nSPS) is 33.7. The second-order valence-electron chi connectivity index (χ2n) is 7.08. The van der Waals surface area contributed by atoms with E-state index in [1.54, 1.807) is 0 Å². The quantitative estimate of drug-likeness (QED) is 0.791.